The largest absolute Gasteiger partial charge is 0.455 e. The van der Waals surface area contributed by atoms with Crippen LogP contribution in [0.5, 0.6) is 0 Å². The summed E-state index contributed by atoms with van der Waals surface area (Å²) < 4.78 is 6.52. The normalized spacial score (nSPS) is 11.4. The van der Waals surface area contributed by atoms with Crippen LogP contribution in [0.2, 0.25) is 0 Å². The highest BCUT2D eigenvalue weighted by molar-refractivity contribution is 6.11. The quantitative estimate of drug-likeness (QED) is 0.173. The molecule has 0 saturated carbocycles. The Hall–Kier alpha value is -5.16. The molecule has 7 rings (SSSR count). The number of nitrogens with zero attached hydrogens (tertiary/aromatic N) is 4. The molecule has 0 fully saturated rings. The summed E-state index contributed by atoms with van der Waals surface area (Å²) in [6.07, 6.45) is 4.50. The van der Waals surface area contributed by atoms with Gasteiger partial charge in [-0.3, -0.25) is 4.98 Å². The van der Waals surface area contributed by atoms with Gasteiger partial charge in [-0.1, -0.05) is 98.6 Å². The van der Waals surface area contributed by atoms with Crippen molar-refractivity contribution in [3.05, 3.63) is 121 Å². The highest BCUT2D eigenvalue weighted by atomic mass is 16.3. The zero-order valence-electron chi connectivity index (χ0n) is 24.4. The molecule has 3 aromatic heterocycles. The van der Waals surface area contributed by atoms with E-state index in [1.807, 2.05) is 72.8 Å². The third-order valence-electron chi connectivity index (χ3n) is 7.79. The molecular formula is C38H32N4O. The van der Waals surface area contributed by atoms with E-state index >= 15 is 0 Å². The summed E-state index contributed by atoms with van der Waals surface area (Å²) in [6, 6.07) is 37.1. The summed E-state index contributed by atoms with van der Waals surface area (Å²) in [5.41, 5.74) is 8.66. The number of unbranched alkanes of at least 4 members (excludes halogenated alkanes) is 2. The van der Waals surface area contributed by atoms with Crippen LogP contribution in [0.25, 0.3) is 67.2 Å². The smallest absolute Gasteiger partial charge is 0.167 e. The minimum Gasteiger partial charge on any atom is -0.455 e. The lowest BCUT2D eigenvalue weighted by atomic mass is 9.97. The molecule has 4 aromatic carbocycles. The second kappa shape index (κ2) is 11.6. The van der Waals surface area contributed by atoms with Crippen molar-refractivity contribution in [1.82, 2.24) is 19.9 Å². The molecule has 0 radical (unpaired) electrons. The maximum atomic E-state index is 6.52. The van der Waals surface area contributed by atoms with Crippen molar-refractivity contribution in [2.75, 3.05) is 0 Å². The second-order valence-electron chi connectivity index (χ2n) is 11.0. The average molecular weight is 561 g/mol. The van der Waals surface area contributed by atoms with Crippen molar-refractivity contribution in [3.8, 4) is 45.3 Å². The van der Waals surface area contributed by atoms with Crippen LogP contribution in [-0.2, 0) is 6.42 Å². The highest BCUT2D eigenvalue weighted by Crippen LogP contribution is 2.39. The molecule has 5 heteroatoms. The monoisotopic (exact) mass is 560 g/mol. The lowest BCUT2D eigenvalue weighted by Crippen LogP contribution is -2.00. The summed E-state index contributed by atoms with van der Waals surface area (Å²) in [4.78, 5) is 19.8. The van der Waals surface area contributed by atoms with Crippen molar-refractivity contribution >= 4 is 21.9 Å². The Kier molecular flexibility index (Phi) is 7.22. The van der Waals surface area contributed by atoms with Crippen molar-refractivity contribution in [2.45, 2.75) is 39.5 Å². The molecule has 0 aliphatic carbocycles. The molecule has 3 heterocycles. The van der Waals surface area contributed by atoms with E-state index in [2.05, 4.69) is 50.2 Å². The lowest BCUT2D eigenvalue weighted by molar-refractivity contribution is 0.669. The molecule has 0 saturated heterocycles. The Labute approximate surface area is 251 Å². The van der Waals surface area contributed by atoms with Crippen LogP contribution < -0.4 is 0 Å². The molecule has 0 atom stereocenters. The first kappa shape index (κ1) is 26.7. The Morgan fingerprint density at radius 3 is 1.88 bits per heavy atom. The predicted molar refractivity (Wildman–Crippen MR) is 175 cm³/mol. The number of hydrogen-bond acceptors (Lipinski definition) is 5. The highest BCUT2D eigenvalue weighted by Gasteiger charge is 2.20. The van der Waals surface area contributed by atoms with Gasteiger partial charge < -0.3 is 4.42 Å². The topological polar surface area (TPSA) is 64.7 Å². The molecule has 0 amide bonds. The van der Waals surface area contributed by atoms with Crippen molar-refractivity contribution in [3.63, 3.8) is 0 Å². The molecule has 5 nitrogen and oxygen atoms in total. The Balaban J connectivity index is 1.48. The van der Waals surface area contributed by atoms with E-state index in [-0.39, 0.29) is 0 Å². The number of para-hydroxylation sites is 1. The van der Waals surface area contributed by atoms with Crippen LogP contribution in [0, 0.1) is 6.92 Å². The van der Waals surface area contributed by atoms with E-state index in [4.69, 9.17) is 24.4 Å². The standard InChI is InChI=1S/C38H32N4O/c1-3-4-7-18-30-22-28(21-25(2)39-30)29-23-32-31-19-12-13-20-34(31)43-35(32)33(24-29)38-41-36(26-14-8-5-9-15-26)40-37(42-38)27-16-10-6-11-17-27/h5-6,8-17,19-24H,3-4,7,18H2,1-2H3. The minimum absolute atomic E-state index is 0.576. The fourth-order valence-corrected chi connectivity index (χ4v) is 5.68. The van der Waals surface area contributed by atoms with E-state index in [0.717, 1.165) is 74.0 Å². The van der Waals surface area contributed by atoms with Crippen LogP contribution >= 0.6 is 0 Å². The van der Waals surface area contributed by atoms with Gasteiger partial charge in [-0.25, -0.2) is 15.0 Å². The van der Waals surface area contributed by atoms with Crippen molar-refractivity contribution in [2.24, 2.45) is 0 Å². The molecule has 0 bridgehead atoms. The number of rotatable bonds is 8. The fourth-order valence-electron chi connectivity index (χ4n) is 5.68. The Morgan fingerprint density at radius 2 is 1.19 bits per heavy atom. The number of aromatic nitrogens is 4. The average Bonchev–Trinajstić information content (AvgIpc) is 3.43. The third-order valence-corrected chi connectivity index (χ3v) is 7.79. The summed E-state index contributed by atoms with van der Waals surface area (Å²) in [6.45, 7) is 4.30. The lowest BCUT2D eigenvalue weighted by Gasteiger charge is -2.12. The zero-order valence-corrected chi connectivity index (χ0v) is 24.4. The first-order chi connectivity index (χ1) is 21.2. The van der Waals surface area contributed by atoms with Gasteiger partial charge in [0.2, 0.25) is 0 Å². The van der Waals surface area contributed by atoms with Gasteiger partial charge in [0.25, 0.3) is 0 Å². The number of fused-ring (bicyclic) bond motifs is 3. The number of hydrogen-bond donors (Lipinski definition) is 0. The Bertz CT molecular complexity index is 1990. The molecular weight excluding hydrogens is 528 g/mol. The summed E-state index contributed by atoms with van der Waals surface area (Å²) in [5, 5.41) is 2.10. The van der Waals surface area contributed by atoms with Gasteiger partial charge in [0, 0.05) is 33.3 Å². The van der Waals surface area contributed by atoms with Crippen LogP contribution in [-0.4, -0.2) is 19.9 Å². The van der Waals surface area contributed by atoms with Gasteiger partial charge in [0.1, 0.15) is 11.2 Å². The van der Waals surface area contributed by atoms with E-state index in [9.17, 15) is 0 Å². The van der Waals surface area contributed by atoms with Gasteiger partial charge in [0.05, 0.1) is 5.56 Å². The van der Waals surface area contributed by atoms with Gasteiger partial charge in [-0.15, -0.1) is 0 Å². The van der Waals surface area contributed by atoms with Gasteiger partial charge in [-0.2, -0.15) is 0 Å². The number of aryl methyl sites for hydroxylation is 2. The summed E-state index contributed by atoms with van der Waals surface area (Å²) >= 11 is 0. The third kappa shape index (κ3) is 5.42. The second-order valence-corrected chi connectivity index (χ2v) is 11.0. The SMILES string of the molecule is CCCCCc1cc(-c2cc(-c3nc(-c4ccccc4)nc(-c4ccccc4)n3)c3oc4ccccc4c3c2)cc(C)n1. The number of pyridine rings is 1. The minimum atomic E-state index is 0.576. The van der Waals surface area contributed by atoms with E-state index in [1.165, 1.54) is 12.8 Å². The first-order valence-corrected chi connectivity index (χ1v) is 15.0. The molecule has 0 N–H and O–H groups in total. The molecule has 43 heavy (non-hydrogen) atoms. The summed E-state index contributed by atoms with van der Waals surface area (Å²) in [5.74, 6) is 1.82. The van der Waals surface area contributed by atoms with Crippen LogP contribution in [0.4, 0.5) is 0 Å². The fraction of sp³-hybridized carbons (Fsp3) is 0.158. The van der Waals surface area contributed by atoms with Crippen molar-refractivity contribution in [1.29, 1.82) is 0 Å². The maximum absolute atomic E-state index is 6.52. The zero-order chi connectivity index (χ0) is 29.2. The Morgan fingerprint density at radius 1 is 0.558 bits per heavy atom. The van der Waals surface area contributed by atoms with E-state index in [1.54, 1.807) is 0 Å². The number of benzene rings is 4. The van der Waals surface area contributed by atoms with Gasteiger partial charge >= 0.3 is 0 Å². The molecule has 0 unspecified atom stereocenters. The van der Waals surface area contributed by atoms with Crippen LogP contribution in [0.1, 0.15) is 37.6 Å². The first-order valence-electron chi connectivity index (χ1n) is 15.0. The van der Waals surface area contributed by atoms with Crippen LogP contribution in [0.3, 0.4) is 0 Å². The molecule has 0 spiro atoms. The van der Waals surface area contributed by atoms with Gasteiger partial charge in [0.15, 0.2) is 17.5 Å². The molecule has 0 aliphatic heterocycles. The number of furan rings is 1. The predicted octanol–water partition coefficient (Wildman–Crippen LogP) is 9.88. The maximum Gasteiger partial charge on any atom is 0.167 e. The molecule has 7 aromatic rings. The molecule has 0 aliphatic rings. The van der Waals surface area contributed by atoms with Gasteiger partial charge in [-0.05, 0) is 61.2 Å². The van der Waals surface area contributed by atoms with E-state index < -0.39 is 0 Å². The molecule has 210 valence electrons. The van der Waals surface area contributed by atoms with Crippen molar-refractivity contribution < 1.29 is 4.42 Å². The van der Waals surface area contributed by atoms with E-state index in [0.29, 0.717) is 17.5 Å². The summed E-state index contributed by atoms with van der Waals surface area (Å²) in [7, 11) is 0. The van der Waals surface area contributed by atoms with Crippen LogP contribution in [0.15, 0.2) is 114 Å².